The van der Waals surface area contributed by atoms with Crippen LogP contribution in [0.4, 0.5) is 0 Å². The van der Waals surface area contributed by atoms with E-state index >= 15 is 0 Å². The summed E-state index contributed by atoms with van der Waals surface area (Å²) in [5.41, 5.74) is 7.18. The van der Waals surface area contributed by atoms with Gasteiger partial charge in [-0.2, -0.15) is 0 Å². The minimum absolute atomic E-state index is 0.175. The second-order valence-corrected chi connectivity index (χ2v) is 6.34. The number of nitrogens with two attached hydrogens (primary N) is 1. The van der Waals surface area contributed by atoms with Crippen LogP contribution in [0.1, 0.15) is 25.3 Å². The van der Waals surface area contributed by atoms with Crippen LogP contribution < -0.4 is 15.2 Å². The maximum Gasteiger partial charge on any atom is 0.175 e. The van der Waals surface area contributed by atoms with Gasteiger partial charge in [-0.05, 0) is 67.0 Å². The highest BCUT2D eigenvalue weighted by Crippen LogP contribution is 2.37. The molecule has 1 unspecified atom stereocenters. The zero-order valence-electron chi connectivity index (χ0n) is 13.5. The van der Waals surface area contributed by atoms with Crippen molar-refractivity contribution in [1.82, 2.24) is 4.90 Å². The molecule has 0 spiro atoms. The monoisotopic (exact) mass is 358 g/mol. The Kier molecular flexibility index (Phi) is 8.07. The number of benzene rings is 1. The number of rotatable bonds is 9. The molecule has 0 radical (unpaired) electrons. The lowest BCUT2D eigenvalue weighted by molar-refractivity contribution is 0.266. The first kappa shape index (κ1) is 18.3. The lowest BCUT2D eigenvalue weighted by Gasteiger charge is -2.16. The summed E-state index contributed by atoms with van der Waals surface area (Å²) in [4.78, 5) is 2.14. The van der Waals surface area contributed by atoms with Gasteiger partial charge >= 0.3 is 0 Å². The number of methoxy groups -OCH3 is 1. The zero-order chi connectivity index (χ0) is 15.8. The fourth-order valence-corrected chi connectivity index (χ4v) is 2.64. The summed E-state index contributed by atoms with van der Waals surface area (Å²) in [5, 5.41) is 0. The Morgan fingerprint density at radius 2 is 2.05 bits per heavy atom. The van der Waals surface area contributed by atoms with Crippen molar-refractivity contribution in [2.45, 2.75) is 32.2 Å². The van der Waals surface area contributed by atoms with Crippen LogP contribution in [-0.2, 0) is 6.42 Å². The van der Waals surface area contributed by atoms with Gasteiger partial charge in [-0.25, -0.2) is 0 Å². The number of hydrogen-bond donors (Lipinski definition) is 1. The van der Waals surface area contributed by atoms with Crippen molar-refractivity contribution in [3.05, 3.63) is 22.2 Å². The van der Waals surface area contributed by atoms with Crippen LogP contribution in [0.2, 0.25) is 0 Å². The second-order valence-electron chi connectivity index (χ2n) is 5.49. The Balaban J connectivity index is 2.75. The van der Waals surface area contributed by atoms with E-state index in [9.17, 15) is 0 Å². The molecule has 1 aromatic carbocycles. The SMILES string of the molecule is CCC(N)Cc1cc(Br)c(OCCCN(C)C)c(OC)c1. The largest absolute Gasteiger partial charge is 0.493 e. The van der Waals surface area contributed by atoms with E-state index in [-0.39, 0.29) is 6.04 Å². The minimum atomic E-state index is 0.175. The molecule has 0 saturated carbocycles. The molecule has 0 heterocycles. The third-order valence-corrected chi connectivity index (χ3v) is 3.90. The third kappa shape index (κ3) is 6.24. The van der Waals surface area contributed by atoms with Crippen molar-refractivity contribution in [1.29, 1.82) is 0 Å². The first-order chi connectivity index (χ1) is 9.97. The van der Waals surface area contributed by atoms with Crippen molar-refractivity contribution < 1.29 is 9.47 Å². The molecular weight excluding hydrogens is 332 g/mol. The maximum absolute atomic E-state index is 6.02. The van der Waals surface area contributed by atoms with E-state index in [1.807, 2.05) is 6.07 Å². The van der Waals surface area contributed by atoms with Gasteiger partial charge in [-0.3, -0.25) is 0 Å². The summed E-state index contributed by atoms with van der Waals surface area (Å²) in [6.07, 6.45) is 2.78. The zero-order valence-corrected chi connectivity index (χ0v) is 15.1. The summed E-state index contributed by atoms with van der Waals surface area (Å²) in [6, 6.07) is 4.26. The first-order valence-corrected chi connectivity index (χ1v) is 8.16. The van der Waals surface area contributed by atoms with E-state index in [0.29, 0.717) is 6.61 Å². The van der Waals surface area contributed by atoms with Gasteiger partial charge in [0.1, 0.15) is 0 Å². The standard InChI is InChI=1S/C16H27BrN2O2/c1-5-13(18)9-12-10-14(17)16(15(11-12)20-4)21-8-6-7-19(2)3/h10-11,13H,5-9,18H2,1-4H3. The molecule has 0 aliphatic carbocycles. The smallest absolute Gasteiger partial charge is 0.175 e. The fraction of sp³-hybridized carbons (Fsp3) is 0.625. The van der Waals surface area contributed by atoms with E-state index < -0.39 is 0 Å². The minimum Gasteiger partial charge on any atom is -0.493 e. The van der Waals surface area contributed by atoms with Crippen LogP contribution in [-0.4, -0.2) is 45.3 Å². The first-order valence-electron chi connectivity index (χ1n) is 7.37. The summed E-state index contributed by atoms with van der Waals surface area (Å²) >= 11 is 3.58. The van der Waals surface area contributed by atoms with Crippen LogP contribution in [0.5, 0.6) is 11.5 Å². The molecule has 4 nitrogen and oxygen atoms in total. The Bertz CT molecular complexity index is 439. The molecule has 21 heavy (non-hydrogen) atoms. The van der Waals surface area contributed by atoms with Gasteiger partial charge in [0.05, 0.1) is 18.2 Å². The van der Waals surface area contributed by atoms with E-state index in [2.05, 4.69) is 47.9 Å². The summed E-state index contributed by atoms with van der Waals surface area (Å²) in [6.45, 7) is 3.77. The van der Waals surface area contributed by atoms with Crippen molar-refractivity contribution in [2.24, 2.45) is 5.73 Å². The van der Waals surface area contributed by atoms with E-state index in [1.165, 1.54) is 0 Å². The Hall–Kier alpha value is -0.780. The van der Waals surface area contributed by atoms with E-state index in [4.69, 9.17) is 15.2 Å². The molecule has 1 rings (SSSR count). The van der Waals surface area contributed by atoms with Crippen LogP contribution in [0.3, 0.4) is 0 Å². The average molecular weight is 359 g/mol. The summed E-state index contributed by atoms with van der Waals surface area (Å²) < 4.78 is 12.2. The predicted octanol–water partition coefficient (Wildman–Crippen LogP) is 3.07. The fourth-order valence-electron chi connectivity index (χ4n) is 2.03. The quantitative estimate of drug-likeness (QED) is 0.689. The van der Waals surface area contributed by atoms with Crippen LogP contribution >= 0.6 is 15.9 Å². The normalized spacial score (nSPS) is 12.5. The average Bonchev–Trinajstić information content (AvgIpc) is 2.44. The molecule has 120 valence electrons. The molecule has 0 saturated heterocycles. The molecule has 1 aromatic rings. The van der Waals surface area contributed by atoms with E-state index in [0.717, 1.165) is 47.3 Å². The van der Waals surface area contributed by atoms with Crippen molar-refractivity contribution in [2.75, 3.05) is 34.4 Å². The van der Waals surface area contributed by atoms with Crippen LogP contribution in [0.15, 0.2) is 16.6 Å². The highest BCUT2D eigenvalue weighted by atomic mass is 79.9. The van der Waals surface area contributed by atoms with Crippen molar-refractivity contribution >= 4 is 15.9 Å². The summed E-state index contributed by atoms with van der Waals surface area (Å²) in [5.74, 6) is 1.53. The number of nitrogens with zero attached hydrogens (tertiary/aromatic N) is 1. The highest BCUT2D eigenvalue weighted by Gasteiger charge is 2.13. The molecule has 2 N–H and O–H groups in total. The van der Waals surface area contributed by atoms with Crippen molar-refractivity contribution in [3.63, 3.8) is 0 Å². The second kappa shape index (κ2) is 9.28. The lowest BCUT2D eigenvalue weighted by Crippen LogP contribution is -2.21. The number of hydrogen-bond acceptors (Lipinski definition) is 4. The molecule has 5 heteroatoms. The van der Waals surface area contributed by atoms with E-state index in [1.54, 1.807) is 7.11 Å². The highest BCUT2D eigenvalue weighted by molar-refractivity contribution is 9.10. The maximum atomic E-state index is 6.02. The van der Waals surface area contributed by atoms with Gasteiger partial charge in [0, 0.05) is 12.6 Å². The van der Waals surface area contributed by atoms with Crippen LogP contribution in [0, 0.1) is 0 Å². The number of ether oxygens (including phenoxy) is 2. The van der Waals surface area contributed by atoms with Gasteiger partial charge in [0.15, 0.2) is 11.5 Å². The molecule has 0 aromatic heterocycles. The third-order valence-electron chi connectivity index (χ3n) is 3.31. The Labute approximate surface area is 136 Å². The van der Waals surface area contributed by atoms with Gasteiger partial charge in [0.25, 0.3) is 0 Å². The lowest BCUT2D eigenvalue weighted by atomic mass is 10.0. The molecule has 0 aliphatic rings. The Morgan fingerprint density at radius 1 is 1.33 bits per heavy atom. The molecule has 1 atom stereocenters. The molecule has 0 aliphatic heterocycles. The van der Waals surface area contributed by atoms with Gasteiger partial charge in [0.2, 0.25) is 0 Å². The van der Waals surface area contributed by atoms with Gasteiger partial charge < -0.3 is 20.1 Å². The predicted molar refractivity (Wildman–Crippen MR) is 91.3 cm³/mol. The topological polar surface area (TPSA) is 47.7 Å². The van der Waals surface area contributed by atoms with Gasteiger partial charge in [-0.1, -0.05) is 6.92 Å². The molecular formula is C16H27BrN2O2. The Morgan fingerprint density at radius 3 is 2.62 bits per heavy atom. The van der Waals surface area contributed by atoms with Crippen molar-refractivity contribution in [3.8, 4) is 11.5 Å². The summed E-state index contributed by atoms with van der Waals surface area (Å²) in [7, 11) is 5.78. The number of halogens is 1. The van der Waals surface area contributed by atoms with Gasteiger partial charge in [-0.15, -0.1) is 0 Å². The molecule has 0 fully saturated rings. The molecule has 0 bridgehead atoms. The molecule has 0 amide bonds. The van der Waals surface area contributed by atoms with Crippen LogP contribution in [0.25, 0.3) is 0 Å².